The number of H-pyrrole nitrogens is 1. The van der Waals surface area contributed by atoms with E-state index in [1.54, 1.807) is 17.3 Å². The van der Waals surface area contributed by atoms with E-state index in [1.165, 1.54) is 10.6 Å². The minimum atomic E-state index is -0.555. The van der Waals surface area contributed by atoms with Crippen molar-refractivity contribution in [2.45, 2.75) is 52.6 Å². The highest BCUT2D eigenvalue weighted by molar-refractivity contribution is 6.39. The molecule has 12 heteroatoms. The molecule has 0 radical (unpaired) electrons. The number of carbonyl (C=O) groups excluding carboxylic acids is 1. The number of nitrogens with one attached hydrogen (secondary N) is 2. The van der Waals surface area contributed by atoms with Crippen LogP contribution in [0, 0.1) is 19.7 Å². The zero-order valence-corrected chi connectivity index (χ0v) is 27.0. The minimum absolute atomic E-state index is 0.0368. The average Bonchev–Trinajstić information content (AvgIpc) is 3.43. The Morgan fingerprint density at radius 3 is 2.70 bits per heavy atom. The van der Waals surface area contributed by atoms with Crippen LogP contribution in [-0.4, -0.2) is 67.3 Å². The van der Waals surface area contributed by atoms with E-state index < -0.39 is 11.5 Å². The molecule has 0 saturated carbocycles. The maximum Gasteiger partial charge on any atom is 0.354 e. The Morgan fingerprint density at radius 2 is 1.96 bits per heavy atom. The molecule has 0 spiro atoms. The lowest BCUT2D eigenvalue weighted by atomic mass is 9.94. The summed E-state index contributed by atoms with van der Waals surface area (Å²) in [4.78, 5) is 40.2. The molecule has 2 unspecified atom stereocenters. The largest absolute Gasteiger partial charge is 0.380 e. The van der Waals surface area contributed by atoms with E-state index in [9.17, 15) is 9.59 Å². The topological polar surface area (TPSA) is 112 Å². The van der Waals surface area contributed by atoms with Gasteiger partial charge in [0.2, 0.25) is 5.91 Å². The van der Waals surface area contributed by atoms with Crippen LogP contribution in [0.25, 0.3) is 38.6 Å². The predicted octanol–water partition coefficient (Wildman–Crippen LogP) is 5.87. The highest BCUT2D eigenvalue weighted by atomic mass is 35.5. The number of pyridine rings is 1. The summed E-state index contributed by atoms with van der Waals surface area (Å²) in [5, 5.41) is 11.7. The van der Waals surface area contributed by atoms with Gasteiger partial charge in [-0.1, -0.05) is 38.1 Å². The van der Waals surface area contributed by atoms with Crippen LogP contribution in [0.2, 0.25) is 5.02 Å². The van der Waals surface area contributed by atoms with E-state index in [0.29, 0.717) is 58.7 Å². The number of aromatic nitrogens is 5. The summed E-state index contributed by atoms with van der Waals surface area (Å²) in [6.07, 6.45) is 4.67. The van der Waals surface area contributed by atoms with E-state index in [-0.39, 0.29) is 40.2 Å². The maximum absolute atomic E-state index is 17.3. The van der Waals surface area contributed by atoms with Gasteiger partial charge in [-0.25, -0.2) is 9.18 Å². The molecule has 2 N–H and O–H groups in total. The second-order valence-electron chi connectivity index (χ2n) is 12.5. The number of aromatic amines is 1. The zero-order chi connectivity index (χ0) is 32.6. The van der Waals surface area contributed by atoms with Crippen molar-refractivity contribution in [1.82, 2.24) is 29.6 Å². The van der Waals surface area contributed by atoms with Crippen LogP contribution in [0.5, 0.6) is 0 Å². The Kier molecular flexibility index (Phi) is 7.11. The minimum Gasteiger partial charge on any atom is -0.380 e. The lowest BCUT2D eigenvalue weighted by Gasteiger charge is -2.45. The summed E-state index contributed by atoms with van der Waals surface area (Å²) in [5.74, 6) is -0.445. The van der Waals surface area contributed by atoms with Crippen LogP contribution in [0.3, 0.4) is 0 Å². The highest BCUT2D eigenvalue weighted by Crippen LogP contribution is 2.49. The number of nitrogens with zero attached hydrogens (tertiary/aromatic N) is 6. The molecule has 5 heterocycles. The molecule has 10 nitrogen and oxygen atoms in total. The first-order valence-electron chi connectivity index (χ1n) is 15.3. The van der Waals surface area contributed by atoms with Crippen molar-refractivity contribution >= 4 is 50.8 Å². The van der Waals surface area contributed by atoms with Gasteiger partial charge in [-0.3, -0.25) is 19.4 Å². The van der Waals surface area contributed by atoms with E-state index >= 15 is 4.39 Å². The number of rotatable bonds is 4. The summed E-state index contributed by atoms with van der Waals surface area (Å²) < 4.78 is 18.8. The first-order chi connectivity index (χ1) is 22.0. The number of hydrogen-bond donors (Lipinski definition) is 2. The fourth-order valence-electron chi connectivity index (χ4n) is 7.18. The highest BCUT2D eigenvalue weighted by Gasteiger charge is 2.40. The molecule has 2 aliphatic rings. The summed E-state index contributed by atoms with van der Waals surface area (Å²) in [5.41, 5.74) is 4.31. The molecule has 0 aliphatic carbocycles. The number of fused-ring (bicyclic) bond motifs is 3. The Hall–Kier alpha value is -4.77. The van der Waals surface area contributed by atoms with Crippen molar-refractivity contribution in [3.8, 4) is 16.8 Å². The summed E-state index contributed by atoms with van der Waals surface area (Å²) in [6, 6.07) is 5.08. The summed E-state index contributed by atoms with van der Waals surface area (Å²) in [7, 11) is 0. The smallest absolute Gasteiger partial charge is 0.354 e. The molecule has 3 aromatic heterocycles. The van der Waals surface area contributed by atoms with Crippen molar-refractivity contribution in [2.24, 2.45) is 0 Å². The van der Waals surface area contributed by atoms with Gasteiger partial charge in [-0.05, 0) is 56.0 Å². The Labute approximate surface area is 269 Å². The van der Waals surface area contributed by atoms with Crippen LogP contribution in [-0.2, 0) is 4.79 Å². The van der Waals surface area contributed by atoms with Gasteiger partial charge in [0.25, 0.3) is 0 Å². The maximum atomic E-state index is 17.3. The number of aryl methyl sites for hydroxylation is 2. The monoisotopic (exact) mass is 640 g/mol. The Bertz CT molecular complexity index is 2160. The number of piperazine rings is 1. The number of halogens is 2. The normalized spacial score (nSPS) is 17.7. The molecule has 2 aromatic carbocycles. The SMILES string of the molecule is C=CC(=O)N1CC(C)N2c3nc(=O)n(-c4c(C)ccnc4C(C)C)c4c(Cl)c(-c5c(C)ccc6[nH]ncc56)c(F)c(c34)NCC2C1. The predicted molar refractivity (Wildman–Crippen MR) is 180 cm³/mol. The lowest BCUT2D eigenvalue weighted by Crippen LogP contribution is -2.61. The molecule has 5 aromatic rings. The molecule has 2 aliphatic heterocycles. The van der Waals surface area contributed by atoms with E-state index in [1.807, 2.05) is 57.7 Å². The molecule has 2 atom stereocenters. The van der Waals surface area contributed by atoms with Crippen LogP contribution < -0.4 is 15.9 Å². The van der Waals surface area contributed by atoms with Crippen molar-refractivity contribution < 1.29 is 9.18 Å². The van der Waals surface area contributed by atoms with E-state index in [4.69, 9.17) is 11.6 Å². The quantitative estimate of drug-likeness (QED) is 0.236. The third-order valence-electron chi connectivity index (χ3n) is 9.23. The third kappa shape index (κ3) is 4.32. The van der Waals surface area contributed by atoms with Crippen LogP contribution in [0.15, 0.2) is 48.0 Å². The lowest BCUT2D eigenvalue weighted by molar-refractivity contribution is -0.127. The van der Waals surface area contributed by atoms with Gasteiger partial charge in [-0.2, -0.15) is 10.1 Å². The number of carbonyl (C=O) groups is 1. The van der Waals surface area contributed by atoms with Gasteiger partial charge in [0.1, 0.15) is 5.82 Å². The third-order valence-corrected chi connectivity index (χ3v) is 9.60. The molecular formula is C34H34ClFN8O2. The van der Waals surface area contributed by atoms with Gasteiger partial charge in [0.15, 0.2) is 5.82 Å². The number of benzene rings is 2. The van der Waals surface area contributed by atoms with Crippen molar-refractivity contribution in [1.29, 1.82) is 0 Å². The number of anilines is 2. The van der Waals surface area contributed by atoms with Crippen LogP contribution >= 0.6 is 11.6 Å². The Morgan fingerprint density at radius 1 is 1.17 bits per heavy atom. The first kappa shape index (κ1) is 29.9. The fraction of sp³-hybridized carbons (Fsp3) is 0.324. The fourth-order valence-corrected chi connectivity index (χ4v) is 7.53. The molecule has 1 fully saturated rings. The van der Waals surface area contributed by atoms with Gasteiger partial charge >= 0.3 is 5.69 Å². The van der Waals surface area contributed by atoms with Gasteiger partial charge in [-0.15, -0.1) is 0 Å². The zero-order valence-electron chi connectivity index (χ0n) is 26.3. The molecule has 0 bridgehead atoms. The van der Waals surface area contributed by atoms with Crippen LogP contribution in [0.1, 0.15) is 43.5 Å². The summed E-state index contributed by atoms with van der Waals surface area (Å²) >= 11 is 7.42. The molecule has 1 amide bonds. The summed E-state index contributed by atoms with van der Waals surface area (Å²) in [6.45, 7) is 14.5. The van der Waals surface area contributed by atoms with E-state index in [2.05, 4.69) is 32.1 Å². The number of amides is 1. The molecule has 46 heavy (non-hydrogen) atoms. The Balaban J connectivity index is 1.64. The number of hydrogen-bond acceptors (Lipinski definition) is 7. The standard InChI is InChI=1S/C34H34ClFN8O2/c1-7-23(45)42-14-19(6)43-20(15-42)12-38-30-26-32(27(35)25(28(30)36)24-17(4)8-9-22-21(24)13-39-41-22)44(34(46)40-33(26)43)31-18(5)10-11-37-29(31)16(2)3/h7-11,13,16,19-20,38H,1,12,14-15H2,2-6H3,(H,39,41). The van der Waals surface area contributed by atoms with Crippen molar-refractivity contribution in [3.63, 3.8) is 0 Å². The van der Waals surface area contributed by atoms with E-state index in [0.717, 1.165) is 16.6 Å². The second kappa shape index (κ2) is 10.9. The van der Waals surface area contributed by atoms with Gasteiger partial charge in [0.05, 0.1) is 50.7 Å². The van der Waals surface area contributed by atoms with Gasteiger partial charge < -0.3 is 15.1 Å². The molecular weight excluding hydrogens is 607 g/mol. The average molecular weight is 641 g/mol. The first-order valence-corrected chi connectivity index (χ1v) is 15.7. The van der Waals surface area contributed by atoms with Crippen molar-refractivity contribution in [3.05, 3.63) is 81.4 Å². The molecule has 1 saturated heterocycles. The van der Waals surface area contributed by atoms with Crippen LogP contribution in [0.4, 0.5) is 15.9 Å². The van der Waals surface area contributed by atoms with Crippen molar-refractivity contribution in [2.75, 3.05) is 29.9 Å². The molecule has 7 rings (SSSR count). The second-order valence-corrected chi connectivity index (χ2v) is 12.9. The van der Waals surface area contributed by atoms with Gasteiger partial charge in [0, 0.05) is 48.4 Å². The molecule has 236 valence electrons.